The zero-order valence-electron chi connectivity index (χ0n) is 13.6. The van der Waals surface area contributed by atoms with Gasteiger partial charge >= 0.3 is 0 Å². The SMILES string of the molecule is CC(C)(CCl)C(=O)N1CCN(c2ccc3ccccc3n2)CC1. The van der Waals surface area contributed by atoms with Crippen molar-refractivity contribution < 1.29 is 4.79 Å². The number of anilines is 1. The number of halogens is 1. The van der Waals surface area contributed by atoms with Crippen LogP contribution in [0.5, 0.6) is 0 Å². The molecule has 3 rings (SSSR count). The van der Waals surface area contributed by atoms with Gasteiger partial charge in [0, 0.05) is 37.4 Å². The molecule has 1 amide bonds. The number of fused-ring (bicyclic) bond motifs is 1. The summed E-state index contributed by atoms with van der Waals surface area (Å²) >= 11 is 5.92. The van der Waals surface area contributed by atoms with E-state index in [1.165, 1.54) is 0 Å². The molecule has 23 heavy (non-hydrogen) atoms. The van der Waals surface area contributed by atoms with Gasteiger partial charge in [-0.05, 0) is 32.0 Å². The highest BCUT2D eigenvalue weighted by Crippen LogP contribution is 2.23. The number of amides is 1. The monoisotopic (exact) mass is 331 g/mol. The Morgan fingerprint density at radius 3 is 2.52 bits per heavy atom. The van der Waals surface area contributed by atoms with E-state index >= 15 is 0 Å². The molecular formula is C18H22ClN3O. The van der Waals surface area contributed by atoms with Crippen molar-refractivity contribution in [3.8, 4) is 0 Å². The fraction of sp³-hybridized carbons (Fsp3) is 0.444. The molecule has 1 aromatic carbocycles. The zero-order chi connectivity index (χ0) is 16.4. The predicted molar refractivity (Wildman–Crippen MR) is 95.0 cm³/mol. The van der Waals surface area contributed by atoms with Gasteiger partial charge in [-0.1, -0.05) is 18.2 Å². The fourth-order valence-electron chi connectivity index (χ4n) is 2.86. The van der Waals surface area contributed by atoms with E-state index in [2.05, 4.69) is 23.1 Å². The molecule has 2 heterocycles. The van der Waals surface area contributed by atoms with Crippen LogP contribution in [0.1, 0.15) is 13.8 Å². The average molecular weight is 332 g/mol. The number of carbonyl (C=O) groups is 1. The molecule has 4 nitrogen and oxygen atoms in total. The van der Waals surface area contributed by atoms with Gasteiger partial charge in [0.2, 0.25) is 5.91 Å². The molecule has 122 valence electrons. The average Bonchev–Trinajstić information content (AvgIpc) is 2.60. The molecule has 0 bridgehead atoms. The molecule has 0 unspecified atom stereocenters. The number of nitrogens with zero attached hydrogens (tertiary/aromatic N) is 3. The van der Waals surface area contributed by atoms with Gasteiger partial charge in [-0.15, -0.1) is 11.6 Å². The molecule has 1 aliphatic heterocycles. The van der Waals surface area contributed by atoms with Crippen molar-refractivity contribution in [3.05, 3.63) is 36.4 Å². The van der Waals surface area contributed by atoms with E-state index in [1.54, 1.807) is 0 Å². The molecule has 1 saturated heterocycles. The lowest BCUT2D eigenvalue weighted by molar-refractivity contribution is -0.139. The molecule has 0 atom stereocenters. The number of hydrogen-bond donors (Lipinski definition) is 0. The summed E-state index contributed by atoms with van der Waals surface area (Å²) in [5.41, 5.74) is 0.511. The lowest BCUT2D eigenvalue weighted by atomic mass is 9.94. The lowest BCUT2D eigenvalue weighted by Gasteiger charge is -2.38. The van der Waals surface area contributed by atoms with Crippen LogP contribution in [-0.4, -0.2) is 47.9 Å². The molecular weight excluding hydrogens is 310 g/mol. The fourth-order valence-corrected chi connectivity index (χ4v) is 2.97. The number of carbonyl (C=O) groups excluding carboxylic acids is 1. The normalized spacial score (nSPS) is 16.0. The van der Waals surface area contributed by atoms with Gasteiger partial charge in [-0.25, -0.2) is 4.98 Å². The number of hydrogen-bond acceptors (Lipinski definition) is 3. The number of rotatable bonds is 3. The van der Waals surface area contributed by atoms with Gasteiger partial charge in [0.05, 0.1) is 10.9 Å². The molecule has 0 aliphatic carbocycles. The Balaban J connectivity index is 1.69. The van der Waals surface area contributed by atoms with Gasteiger partial charge in [0.1, 0.15) is 5.82 Å². The second-order valence-electron chi connectivity index (χ2n) is 6.66. The minimum Gasteiger partial charge on any atom is -0.353 e. The molecule has 1 aliphatic rings. The van der Waals surface area contributed by atoms with E-state index in [9.17, 15) is 4.79 Å². The van der Waals surface area contributed by atoms with Crippen molar-refractivity contribution in [3.63, 3.8) is 0 Å². The molecule has 2 aromatic rings. The Hall–Kier alpha value is -1.81. The van der Waals surface area contributed by atoms with Gasteiger partial charge in [0.25, 0.3) is 0 Å². The summed E-state index contributed by atoms with van der Waals surface area (Å²) in [7, 11) is 0. The van der Waals surface area contributed by atoms with E-state index in [0.29, 0.717) is 19.0 Å². The topological polar surface area (TPSA) is 36.4 Å². The van der Waals surface area contributed by atoms with Crippen molar-refractivity contribution in [2.75, 3.05) is 37.0 Å². The Morgan fingerprint density at radius 2 is 1.83 bits per heavy atom. The summed E-state index contributed by atoms with van der Waals surface area (Å²) in [6, 6.07) is 12.3. The van der Waals surface area contributed by atoms with Gasteiger partial charge in [-0.3, -0.25) is 4.79 Å². The van der Waals surface area contributed by atoms with E-state index in [1.807, 2.05) is 36.9 Å². The van der Waals surface area contributed by atoms with Crippen LogP contribution < -0.4 is 4.90 Å². The Kier molecular flexibility index (Phi) is 4.44. The molecule has 5 heteroatoms. The summed E-state index contributed by atoms with van der Waals surface area (Å²) < 4.78 is 0. The van der Waals surface area contributed by atoms with Crippen LogP contribution in [0.25, 0.3) is 10.9 Å². The maximum atomic E-state index is 12.5. The summed E-state index contributed by atoms with van der Waals surface area (Å²) in [4.78, 5) is 21.4. The standard InChI is InChI=1S/C18H22ClN3O/c1-18(2,13-19)17(23)22-11-9-21(10-12-22)16-8-7-14-5-3-4-6-15(14)20-16/h3-8H,9-13H2,1-2H3. The number of piperazine rings is 1. The summed E-state index contributed by atoms with van der Waals surface area (Å²) in [5, 5.41) is 1.15. The van der Waals surface area contributed by atoms with E-state index in [4.69, 9.17) is 16.6 Å². The van der Waals surface area contributed by atoms with Crippen LogP contribution in [0, 0.1) is 5.41 Å². The summed E-state index contributed by atoms with van der Waals surface area (Å²) in [5.74, 6) is 1.46. The first-order valence-electron chi connectivity index (χ1n) is 7.97. The van der Waals surface area contributed by atoms with Crippen LogP contribution in [0.15, 0.2) is 36.4 Å². The van der Waals surface area contributed by atoms with Crippen molar-refractivity contribution >= 4 is 34.2 Å². The third-order valence-corrected chi connectivity index (χ3v) is 5.06. The van der Waals surface area contributed by atoms with E-state index in [-0.39, 0.29) is 5.91 Å². The zero-order valence-corrected chi connectivity index (χ0v) is 14.4. The number of alkyl halides is 1. The minimum atomic E-state index is -0.495. The smallest absolute Gasteiger partial charge is 0.229 e. The number of para-hydroxylation sites is 1. The molecule has 0 N–H and O–H groups in total. The Labute approximate surface area is 142 Å². The van der Waals surface area contributed by atoms with Gasteiger partial charge in [0.15, 0.2) is 0 Å². The Bertz CT molecular complexity index is 708. The third kappa shape index (κ3) is 3.27. The highest BCUT2D eigenvalue weighted by molar-refractivity contribution is 6.19. The Morgan fingerprint density at radius 1 is 1.13 bits per heavy atom. The quantitative estimate of drug-likeness (QED) is 0.811. The van der Waals surface area contributed by atoms with Crippen molar-refractivity contribution in [2.24, 2.45) is 5.41 Å². The first-order chi connectivity index (χ1) is 11.0. The first-order valence-corrected chi connectivity index (χ1v) is 8.51. The lowest BCUT2D eigenvalue weighted by Crippen LogP contribution is -2.52. The first kappa shape index (κ1) is 16.1. The van der Waals surface area contributed by atoms with Crippen LogP contribution in [0.2, 0.25) is 0 Å². The second-order valence-corrected chi connectivity index (χ2v) is 6.93. The van der Waals surface area contributed by atoms with E-state index in [0.717, 1.165) is 29.8 Å². The molecule has 1 aromatic heterocycles. The van der Waals surface area contributed by atoms with Crippen LogP contribution in [-0.2, 0) is 4.79 Å². The van der Waals surface area contributed by atoms with Crippen LogP contribution in [0.4, 0.5) is 5.82 Å². The number of pyridine rings is 1. The number of benzene rings is 1. The molecule has 1 fully saturated rings. The van der Waals surface area contributed by atoms with Gasteiger partial charge in [-0.2, -0.15) is 0 Å². The number of aromatic nitrogens is 1. The van der Waals surface area contributed by atoms with E-state index < -0.39 is 5.41 Å². The van der Waals surface area contributed by atoms with Crippen molar-refractivity contribution in [1.82, 2.24) is 9.88 Å². The maximum absolute atomic E-state index is 12.5. The van der Waals surface area contributed by atoms with Crippen LogP contribution in [0.3, 0.4) is 0 Å². The molecule has 0 radical (unpaired) electrons. The van der Waals surface area contributed by atoms with Crippen molar-refractivity contribution in [1.29, 1.82) is 0 Å². The highest BCUT2D eigenvalue weighted by Gasteiger charge is 2.33. The highest BCUT2D eigenvalue weighted by atomic mass is 35.5. The third-order valence-electron chi connectivity index (χ3n) is 4.39. The largest absolute Gasteiger partial charge is 0.353 e. The maximum Gasteiger partial charge on any atom is 0.229 e. The van der Waals surface area contributed by atoms with Gasteiger partial charge < -0.3 is 9.80 Å². The summed E-state index contributed by atoms with van der Waals surface area (Å²) in [6.45, 7) is 6.84. The minimum absolute atomic E-state index is 0.138. The second kappa shape index (κ2) is 6.36. The summed E-state index contributed by atoms with van der Waals surface area (Å²) in [6.07, 6.45) is 0. The van der Waals surface area contributed by atoms with Crippen LogP contribution >= 0.6 is 11.6 Å². The van der Waals surface area contributed by atoms with Crippen molar-refractivity contribution in [2.45, 2.75) is 13.8 Å². The predicted octanol–water partition coefficient (Wildman–Crippen LogP) is 3.15. The molecule has 0 spiro atoms. The molecule has 0 saturated carbocycles.